The molecule has 0 aromatic heterocycles. The highest BCUT2D eigenvalue weighted by Gasteiger charge is 2.46. The SMILES string of the molecule is COCCN1C(=O)C(=O)/C(=C(/O)c2ccccc2)C1c1cc(OC)c(OC)c(OC)c1. The van der Waals surface area contributed by atoms with Crippen LogP contribution in [0.25, 0.3) is 5.76 Å². The van der Waals surface area contributed by atoms with Crippen molar-refractivity contribution >= 4 is 17.4 Å². The van der Waals surface area contributed by atoms with Gasteiger partial charge in [-0.15, -0.1) is 0 Å². The van der Waals surface area contributed by atoms with E-state index >= 15 is 0 Å². The predicted molar refractivity (Wildman–Crippen MR) is 113 cm³/mol. The van der Waals surface area contributed by atoms with Crippen molar-refractivity contribution in [2.24, 2.45) is 0 Å². The van der Waals surface area contributed by atoms with E-state index in [1.807, 2.05) is 0 Å². The Morgan fingerprint density at radius 2 is 1.58 bits per heavy atom. The molecule has 2 aromatic rings. The molecule has 0 bridgehead atoms. The van der Waals surface area contributed by atoms with Gasteiger partial charge in [-0.05, 0) is 17.7 Å². The molecule has 1 N–H and O–H groups in total. The van der Waals surface area contributed by atoms with E-state index < -0.39 is 17.7 Å². The molecule has 31 heavy (non-hydrogen) atoms. The summed E-state index contributed by atoms with van der Waals surface area (Å²) in [5.74, 6) is -0.615. The summed E-state index contributed by atoms with van der Waals surface area (Å²) in [5, 5.41) is 11.0. The maximum atomic E-state index is 13.0. The Morgan fingerprint density at radius 1 is 0.968 bits per heavy atom. The van der Waals surface area contributed by atoms with E-state index in [0.29, 0.717) is 28.4 Å². The summed E-state index contributed by atoms with van der Waals surface area (Å²) in [6.07, 6.45) is 0. The molecule has 1 fully saturated rings. The molecule has 0 spiro atoms. The molecule has 164 valence electrons. The van der Waals surface area contributed by atoms with Crippen LogP contribution in [0.15, 0.2) is 48.0 Å². The number of ether oxygens (including phenoxy) is 4. The first-order valence-electron chi connectivity index (χ1n) is 9.61. The highest BCUT2D eigenvalue weighted by atomic mass is 16.5. The zero-order chi connectivity index (χ0) is 22.5. The summed E-state index contributed by atoms with van der Waals surface area (Å²) >= 11 is 0. The van der Waals surface area contributed by atoms with E-state index in [4.69, 9.17) is 18.9 Å². The molecular weight excluding hydrogens is 402 g/mol. The van der Waals surface area contributed by atoms with Gasteiger partial charge in [0, 0.05) is 19.2 Å². The topological polar surface area (TPSA) is 94.5 Å². The lowest BCUT2D eigenvalue weighted by atomic mass is 9.94. The van der Waals surface area contributed by atoms with Gasteiger partial charge in [-0.25, -0.2) is 0 Å². The number of carbonyl (C=O) groups excluding carboxylic acids is 2. The Hall–Kier alpha value is -3.52. The van der Waals surface area contributed by atoms with Gasteiger partial charge >= 0.3 is 0 Å². The van der Waals surface area contributed by atoms with Gasteiger partial charge in [-0.3, -0.25) is 9.59 Å². The fourth-order valence-corrected chi connectivity index (χ4v) is 3.66. The number of ketones is 1. The molecule has 1 aliphatic rings. The van der Waals surface area contributed by atoms with Gasteiger partial charge in [0.15, 0.2) is 11.5 Å². The minimum atomic E-state index is -0.857. The Bertz CT molecular complexity index is 975. The third kappa shape index (κ3) is 4.06. The smallest absolute Gasteiger partial charge is 0.295 e. The van der Waals surface area contributed by atoms with E-state index in [0.717, 1.165) is 0 Å². The van der Waals surface area contributed by atoms with Crippen molar-refractivity contribution < 1.29 is 33.6 Å². The molecule has 0 saturated carbocycles. The predicted octanol–water partition coefficient (Wildman–Crippen LogP) is 2.78. The molecule has 0 radical (unpaired) electrons. The maximum Gasteiger partial charge on any atom is 0.295 e. The largest absolute Gasteiger partial charge is 0.507 e. The Labute approximate surface area is 180 Å². The number of hydrogen-bond acceptors (Lipinski definition) is 7. The van der Waals surface area contributed by atoms with Crippen molar-refractivity contribution in [2.45, 2.75) is 6.04 Å². The van der Waals surface area contributed by atoms with Crippen molar-refractivity contribution in [2.75, 3.05) is 41.6 Å². The highest BCUT2D eigenvalue weighted by Crippen LogP contribution is 2.45. The normalized spacial score (nSPS) is 17.7. The lowest BCUT2D eigenvalue weighted by Gasteiger charge is -2.26. The molecule has 3 rings (SSSR count). The van der Waals surface area contributed by atoms with Crippen LogP contribution in [-0.4, -0.2) is 63.3 Å². The number of likely N-dealkylation sites (tertiary alicyclic amines) is 1. The first kappa shape index (κ1) is 22.2. The summed E-state index contributed by atoms with van der Waals surface area (Å²) in [6.45, 7) is 0.382. The summed E-state index contributed by atoms with van der Waals surface area (Å²) < 4.78 is 21.4. The number of aliphatic hydroxyl groups is 1. The monoisotopic (exact) mass is 427 g/mol. The number of rotatable bonds is 8. The zero-order valence-corrected chi connectivity index (χ0v) is 17.9. The molecule has 1 unspecified atom stereocenters. The Balaban J connectivity index is 2.25. The quantitative estimate of drug-likeness (QED) is 0.393. The van der Waals surface area contributed by atoms with Crippen LogP contribution in [-0.2, 0) is 14.3 Å². The van der Waals surface area contributed by atoms with Crippen LogP contribution in [0.1, 0.15) is 17.2 Å². The second-order valence-electron chi connectivity index (χ2n) is 6.81. The molecule has 1 amide bonds. The first-order valence-corrected chi connectivity index (χ1v) is 9.61. The van der Waals surface area contributed by atoms with Gasteiger partial charge in [0.2, 0.25) is 5.75 Å². The van der Waals surface area contributed by atoms with Crippen LogP contribution >= 0.6 is 0 Å². The fraction of sp³-hybridized carbons (Fsp3) is 0.304. The molecule has 8 nitrogen and oxygen atoms in total. The molecule has 8 heteroatoms. The zero-order valence-electron chi connectivity index (χ0n) is 17.9. The molecule has 1 aliphatic heterocycles. The summed E-state index contributed by atoms with van der Waals surface area (Å²) in [5.41, 5.74) is 0.952. The number of hydrogen-bond donors (Lipinski definition) is 1. The Kier molecular flexibility index (Phi) is 6.81. The molecule has 1 saturated heterocycles. The standard InChI is InChI=1S/C23H25NO7/c1-28-11-10-24-19(15-12-16(29-2)22(31-4)17(13-15)30-3)18(21(26)23(24)27)20(25)14-8-6-5-7-9-14/h5-9,12-13,19,25H,10-11H2,1-4H3/b20-18+. The van der Waals surface area contributed by atoms with Crippen molar-refractivity contribution in [3.63, 3.8) is 0 Å². The van der Waals surface area contributed by atoms with Crippen molar-refractivity contribution in [3.05, 3.63) is 59.2 Å². The molecule has 1 heterocycles. The lowest BCUT2D eigenvalue weighted by molar-refractivity contribution is -0.140. The summed E-state index contributed by atoms with van der Waals surface area (Å²) in [7, 11) is 5.95. The van der Waals surface area contributed by atoms with Crippen LogP contribution in [0.4, 0.5) is 0 Å². The minimum Gasteiger partial charge on any atom is -0.507 e. The van der Waals surface area contributed by atoms with Crippen LogP contribution in [0.2, 0.25) is 0 Å². The molecule has 2 aromatic carbocycles. The maximum absolute atomic E-state index is 13.0. The number of amides is 1. The van der Waals surface area contributed by atoms with Crippen LogP contribution < -0.4 is 14.2 Å². The van der Waals surface area contributed by atoms with Crippen molar-refractivity contribution in [3.8, 4) is 17.2 Å². The fourth-order valence-electron chi connectivity index (χ4n) is 3.66. The van der Waals surface area contributed by atoms with E-state index in [9.17, 15) is 14.7 Å². The van der Waals surface area contributed by atoms with Crippen LogP contribution in [0.5, 0.6) is 17.2 Å². The van der Waals surface area contributed by atoms with Gasteiger partial charge in [-0.2, -0.15) is 0 Å². The van der Waals surface area contributed by atoms with Crippen LogP contribution in [0, 0.1) is 0 Å². The van der Waals surface area contributed by atoms with Crippen LogP contribution in [0.3, 0.4) is 0 Å². The van der Waals surface area contributed by atoms with Gasteiger partial charge in [0.1, 0.15) is 5.76 Å². The molecule has 0 aliphatic carbocycles. The van der Waals surface area contributed by atoms with Gasteiger partial charge < -0.3 is 29.0 Å². The summed E-state index contributed by atoms with van der Waals surface area (Å²) in [4.78, 5) is 27.2. The van der Waals surface area contributed by atoms with Crippen molar-refractivity contribution in [1.82, 2.24) is 4.90 Å². The number of methoxy groups -OCH3 is 4. The van der Waals surface area contributed by atoms with E-state index in [-0.39, 0.29) is 24.5 Å². The van der Waals surface area contributed by atoms with Gasteiger partial charge in [0.05, 0.1) is 39.6 Å². The number of nitrogens with zero attached hydrogens (tertiary/aromatic N) is 1. The van der Waals surface area contributed by atoms with Crippen molar-refractivity contribution in [1.29, 1.82) is 0 Å². The summed E-state index contributed by atoms with van der Waals surface area (Å²) in [6, 6.07) is 11.1. The second-order valence-corrected chi connectivity index (χ2v) is 6.81. The number of Topliss-reactive ketones (excluding diaryl/α,β-unsaturated/α-hetero) is 1. The second kappa shape index (κ2) is 9.53. The average molecular weight is 427 g/mol. The lowest BCUT2D eigenvalue weighted by Crippen LogP contribution is -2.32. The molecular formula is C23H25NO7. The minimum absolute atomic E-state index is 0.0124. The molecule has 1 atom stereocenters. The Morgan fingerprint density at radius 3 is 2.10 bits per heavy atom. The number of benzene rings is 2. The van der Waals surface area contributed by atoms with E-state index in [1.54, 1.807) is 42.5 Å². The number of carbonyl (C=O) groups is 2. The number of aliphatic hydroxyl groups excluding tert-OH is 1. The highest BCUT2D eigenvalue weighted by molar-refractivity contribution is 6.46. The third-order valence-corrected chi connectivity index (χ3v) is 5.13. The average Bonchev–Trinajstić information content (AvgIpc) is 3.06. The third-order valence-electron chi connectivity index (χ3n) is 5.13. The van der Waals surface area contributed by atoms with Gasteiger partial charge in [0.25, 0.3) is 11.7 Å². The van der Waals surface area contributed by atoms with E-state index in [2.05, 4.69) is 0 Å². The first-order chi connectivity index (χ1) is 15.0. The van der Waals surface area contributed by atoms with E-state index in [1.165, 1.54) is 33.3 Å². The van der Waals surface area contributed by atoms with Gasteiger partial charge in [-0.1, -0.05) is 30.3 Å².